The molecular weight excluding hydrogens is 152 g/mol. The Labute approximate surface area is 75.0 Å². The Morgan fingerprint density at radius 1 is 1.33 bits per heavy atom. The molecule has 0 aliphatic rings. The molecule has 0 spiro atoms. The lowest BCUT2D eigenvalue weighted by atomic mass is 9.67. The Kier molecular flexibility index (Phi) is 3.31. The van der Waals surface area contributed by atoms with Crippen LogP contribution in [0.15, 0.2) is 0 Å². The Balaban J connectivity index is 4.14. The number of hydrogen-bond donors (Lipinski definition) is 1. The summed E-state index contributed by atoms with van der Waals surface area (Å²) in [6, 6.07) is 0. The van der Waals surface area contributed by atoms with Gasteiger partial charge in [-0.1, -0.05) is 27.7 Å². The number of carbonyl (C=O) groups is 1. The highest BCUT2D eigenvalue weighted by Gasteiger charge is 2.32. The number of carboxylic acid groups (broad SMARTS) is 1. The SMILES string of the molecule is [CH2]C(C)(C)C(C)(C)CCC(=O)O. The van der Waals surface area contributed by atoms with E-state index in [-0.39, 0.29) is 17.3 Å². The van der Waals surface area contributed by atoms with E-state index < -0.39 is 5.97 Å². The van der Waals surface area contributed by atoms with Crippen molar-refractivity contribution in [1.82, 2.24) is 0 Å². The molecule has 12 heavy (non-hydrogen) atoms. The highest BCUT2D eigenvalue weighted by molar-refractivity contribution is 5.66. The minimum absolute atomic E-state index is 0.0224. The molecule has 0 saturated heterocycles. The van der Waals surface area contributed by atoms with Crippen molar-refractivity contribution in [3.05, 3.63) is 6.92 Å². The fourth-order valence-electron chi connectivity index (χ4n) is 0.758. The van der Waals surface area contributed by atoms with E-state index in [1.807, 2.05) is 13.8 Å². The fraction of sp³-hybridized carbons (Fsp3) is 0.800. The van der Waals surface area contributed by atoms with Crippen LogP contribution < -0.4 is 0 Å². The van der Waals surface area contributed by atoms with Gasteiger partial charge in [0, 0.05) is 6.42 Å². The Morgan fingerprint density at radius 3 is 2.00 bits per heavy atom. The highest BCUT2D eigenvalue weighted by Crippen LogP contribution is 2.41. The quantitative estimate of drug-likeness (QED) is 0.706. The molecule has 2 heteroatoms. The maximum absolute atomic E-state index is 10.4. The van der Waals surface area contributed by atoms with Gasteiger partial charge in [-0.3, -0.25) is 4.79 Å². The van der Waals surface area contributed by atoms with E-state index in [4.69, 9.17) is 5.11 Å². The normalized spacial score (nSPS) is 13.1. The van der Waals surface area contributed by atoms with Gasteiger partial charge in [0.1, 0.15) is 0 Å². The van der Waals surface area contributed by atoms with E-state index in [2.05, 4.69) is 20.8 Å². The molecule has 0 aromatic heterocycles. The summed E-state index contributed by atoms with van der Waals surface area (Å²) in [5.74, 6) is -0.729. The molecule has 1 N–H and O–H groups in total. The van der Waals surface area contributed by atoms with Crippen LogP contribution >= 0.6 is 0 Å². The van der Waals surface area contributed by atoms with Crippen LogP contribution in [-0.4, -0.2) is 11.1 Å². The van der Waals surface area contributed by atoms with E-state index in [0.717, 1.165) is 0 Å². The van der Waals surface area contributed by atoms with Crippen molar-refractivity contribution in [2.75, 3.05) is 0 Å². The van der Waals surface area contributed by atoms with Crippen LogP contribution in [0.1, 0.15) is 40.5 Å². The molecule has 0 fully saturated rings. The van der Waals surface area contributed by atoms with E-state index >= 15 is 0 Å². The number of hydrogen-bond acceptors (Lipinski definition) is 1. The molecule has 0 amide bonds. The van der Waals surface area contributed by atoms with Crippen molar-refractivity contribution < 1.29 is 9.90 Å². The van der Waals surface area contributed by atoms with Crippen molar-refractivity contribution >= 4 is 5.97 Å². The molecule has 1 radical (unpaired) electrons. The second kappa shape index (κ2) is 3.46. The van der Waals surface area contributed by atoms with Crippen molar-refractivity contribution in [1.29, 1.82) is 0 Å². The third kappa shape index (κ3) is 3.24. The van der Waals surface area contributed by atoms with Gasteiger partial charge in [-0.15, -0.1) is 0 Å². The highest BCUT2D eigenvalue weighted by atomic mass is 16.4. The van der Waals surface area contributed by atoms with Crippen LogP contribution in [0.25, 0.3) is 0 Å². The molecule has 71 valence electrons. The minimum Gasteiger partial charge on any atom is -0.481 e. The molecule has 0 bridgehead atoms. The minimum atomic E-state index is -0.729. The maximum atomic E-state index is 10.4. The smallest absolute Gasteiger partial charge is 0.303 e. The molecule has 0 aliphatic heterocycles. The zero-order chi connectivity index (χ0) is 9.99. The van der Waals surface area contributed by atoms with Crippen LogP contribution in [0.4, 0.5) is 0 Å². The van der Waals surface area contributed by atoms with Gasteiger partial charge in [0.2, 0.25) is 0 Å². The predicted octanol–water partition coefficient (Wildman–Crippen LogP) is 2.74. The summed E-state index contributed by atoms with van der Waals surface area (Å²) in [7, 11) is 0. The van der Waals surface area contributed by atoms with Crippen LogP contribution in [0.5, 0.6) is 0 Å². The number of aliphatic carboxylic acids is 1. The van der Waals surface area contributed by atoms with Crippen LogP contribution in [0.3, 0.4) is 0 Å². The van der Waals surface area contributed by atoms with E-state index in [1.165, 1.54) is 0 Å². The Bertz CT molecular complexity index is 163. The van der Waals surface area contributed by atoms with Crippen LogP contribution in [0.2, 0.25) is 0 Å². The van der Waals surface area contributed by atoms with Gasteiger partial charge < -0.3 is 5.11 Å². The Hall–Kier alpha value is -0.530. The average Bonchev–Trinajstić information content (AvgIpc) is 1.81. The standard InChI is InChI=1S/C10H19O2/c1-9(2,3)10(4,5)7-6-8(11)12/h1,6-7H2,2-5H3,(H,11,12). The first-order valence-electron chi connectivity index (χ1n) is 4.24. The first-order valence-corrected chi connectivity index (χ1v) is 4.24. The summed E-state index contributed by atoms with van der Waals surface area (Å²) >= 11 is 0. The molecule has 2 nitrogen and oxygen atoms in total. The summed E-state index contributed by atoms with van der Waals surface area (Å²) in [5.41, 5.74) is -0.103. The maximum Gasteiger partial charge on any atom is 0.303 e. The topological polar surface area (TPSA) is 37.3 Å². The van der Waals surface area contributed by atoms with Gasteiger partial charge in [0.05, 0.1) is 0 Å². The van der Waals surface area contributed by atoms with Crippen LogP contribution in [0, 0.1) is 17.8 Å². The number of rotatable bonds is 4. The lowest BCUT2D eigenvalue weighted by molar-refractivity contribution is -0.137. The molecule has 0 unspecified atom stereocenters. The predicted molar refractivity (Wildman–Crippen MR) is 49.8 cm³/mol. The van der Waals surface area contributed by atoms with Crippen molar-refractivity contribution in [2.24, 2.45) is 10.8 Å². The summed E-state index contributed by atoms with van der Waals surface area (Å²) in [5, 5.41) is 8.52. The van der Waals surface area contributed by atoms with Crippen LogP contribution in [-0.2, 0) is 4.79 Å². The summed E-state index contributed by atoms with van der Waals surface area (Å²) in [4.78, 5) is 10.4. The lowest BCUT2D eigenvalue weighted by Crippen LogP contribution is -2.30. The molecule has 0 aromatic carbocycles. The lowest BCUT2D eigenvalue weighted by Gasteiger charge is -2.38. The van der Waals surface area contributed by atoms with Crippen molar-refractivity contribution in [2.45, 2.75) is 40.5 Å². The molecule has 0 rings (SSSR count). The zero-order valence-electron chi connectivity index (χ0n) is 8.48. The molecule has 0 aliphatic carbocycles. The largest absolute Gasteiger partial charge is 0.481 e. The zero-order valence-corrected chi connectivity index (χ0v) is 8.48. The number of carboxylic acids is 1. The van der Waals surface area contributed by atoms with Gasteiger partial charge in [0.15, 0.2) is 0 Å². The molecule has 0 heterocycles. The van der Waals surface area contributed by atoms with Gasteiger partial charge >= 0.3 is 5.97 Å². The van der Waals surface area contributed by atoms with E-state index in [1.54, 1.807) is 0 Å². The average molecular weight is 171 g/mol. The third-order valence-electron chi connectivity index (χ3n) is 2.80. The first-order chi connectivity index (χ1) is 5.17. The van der Waals surface area contributed by atoms with Gasteiger partial charge in [-0.25, -0.2) is 0 Å². The third-order valence-corrected chi connectivity index (χ3v) is 2.80. The monoisotopic (exact) mass is 171 g/mol. The molecule has 0 saturated carbocycles. The van der Waals surface area contributed by atoms with Gasteiger partial charge in [-0.05, 0) is 24.2 Å². The van der Waals surface area contributed by atoms with Crippen molar-refractivity contribution in [3.63, 3.8) is 0 Å². The summed E-state index contributed by atoms with van der Waals surface area (Å²) in [6.45, 7) is 12.2. The molecular formula is C10H19O2. The molecule has 0 atom stereocenters. The van der Waals surface area contributed by atoms with Gasteiger partial charge in [0.25, 0.3) is 0 Å². The summed E-state index contributed by atoms with van der Waals surface area (Å²) < 4.78 is 0. The van der Waals surface area contributed by atoms with Crippen molar-refractivity contribution in [3.8, 4) is 0 Å². The fourth-order valence-corrected chi connectivity index (χ4v) is 0.758. The second-order valence-electron chi connectivity index (χ2n) is 4.66. The Morgan fingerprint density at radius 2 is 1.75 bits per heavy atom. The summed E-state index contributed by atoms with van der Waals surface area (Å²) in [6.07, 6.45) is 0.908. The van der Waals surface area contributed by atoms with E-state index in [0.29, 0.717) is 6.42 Å². The van der Waals surface area contributed by atoms with E-state index in [9.17, 15) is 4.79 Å². The van der Waals surface area contributed by atoms with Gasteiger partial charge in [-0.2, -0.15) is 0 Å². The molecule has 0 aromatic rings. The first kappa shape index (κ1) is 11.5. The second-order valence-corrected chi connectivity index (χ2v) is 4.66.